The van der Waals surface area contributed by atoms with Crippen LogP contribution in [0.2, 0.25) is 0 Å². The molecule has 0 saturated carbocycles. The van der Waals surface area contributed by atoms with E-state index in [1.165, 1.54) is 12.8 Å². The second-order valence-corrected chi connectivity index (χ2v) is 5.10. The summed E-state index contributed by atoms with van der Waals surface area (Å²) in [5.74, 6) is 7.50. The molecular formula is C19H22N2O. The molecule has 114 valence electrons. The van der Waals surface area contributed by atoms with Crippen molar-refractivity contribution >= 4 is 0 Å². The van der Waals surface area contributed by atoms with Crippen LogP contribution in [0, 0.1) is 11.8 Å². The van der Waals surface area contributed by atoms with E-state index in [0.29, 0.717) is 5.82 Å². The average molecular weight is 294 g/mol. The van der Waals surface area contributed by atoms with Gasteiger partial charge in [0.25, 0.3) is 0 Å². The van der Waals surface area contributed by atoms with Crippen molar-refractivity contribution in [1.29, 1.82) is 0 Å². The highest BCUT2D eigenvalue weighted by molar-refractivity contribution is 5.40. The number of hydrogen-bond acceptors (Lipinski definition) is 3. The van der Waals surface area contributed by atoms with Crippen LogP contribution < -0.4 is 4.74 Å². The third-order valence-electron chi connectivity index (χ3n) is 3.30. The minimum absolute atomic E-state index is 0.553. The van der Waals surface area contributed by atoms with Gasteiger partial charge in [-0.3, -0.25) is 0 Å². The largest absolute Gasteiger partial charge is 0.494 e. The van der Waals surface area contributed by atoms with Crippen LogP contribution in [0.4, 0.5) is 0 Å². The van der Waals surface area contributed by atoms with Crippen molar-refractivity contribution < 1.29 is 4.74 Å². The molecule has 0 amide bonds. The van der Waals surface area contributed by atoms with Gasteiger partial charge in [-0.05, 0) is 48.6 Å². The molecule has 3 nitrogen and oxygen atoms in total. The summed E-state index contributed by atoms with van der Waals surface area (Å²) < 4.78 is 5.68. The fourth-order valence-electron chi connectivity index (χ4n) is 1.91. The Morgan fingerprint density at radius 2 is 1.68 bits per heavy atom. The molecule has 0 aliphatic rings. The molecular weight excluding hydrogens is 272 g/mol. The minimum atomic E-state index is 0.553. The molecule has 0 aliphatic carbocycles. The van der Waals surface area contributed by atoms with E-state index in [9.17, 15) is 0 Å². The summed E-state index contributed by atoms with van der Waals surface area (Å²) in [6, 6.07) is 7.83. The zero-order valence-electron chi connectivity index (χ0n) is 13.3. The zero-order valence-corrected chi connectivity index (χ0v) is 13.3. The molecule has 0 spiro atoms. The van der Waals surface area contributed by atoms with E-state index in [1.54, 1.807) is 0 Å². The maximum absolute atomic E-state index is 5.68. The summed E-state index contributed by atoms with van der Waals surface area (Å²) in [6.07, 6.45) is 8.10. The van der Waals surface area contributed by atoms with Crippen LogP contribution in [0.3, 0.4) is 0 Å². The lowest BCUT2D eigenvalue weighted by Gasteiger charge is -2.05. The van der Waals surface area contributed by atoms with Gasteiger partial charge in [-0.25, -0.2) is 9.97 Å². The fourth-order valence-corrected chi connectivity index (χ4v) is 1.91. The number of unbranched alkanes of at least 4 members (excludes halogenated alkanes) is 2. The zero-order chi connectivity index (χ0) is 15.6. The molecule has 2 rings (SSSR count). The first-order valence-electron chi connectivity index (χ1n) is 7.87. The first-order valence-corrected chi connectivity index (χ1v) is 7.87. The fraction of sp³-hybridized carbons (Fsp3) is 0.368. The van der Waals surface area contributed by atoms with Crippen molar-refractivity contribution in [2.24, 2.45) is 0 Å². The van der Waals surface area contributed by atoms with E-state index in [4.69, 9.17) is 4.74 Å². The van der Waals surface area contributed by atoms with Gasteiger partial charge in [-0.1, -0.05) is 32.6 Å². The second kappa shape index (κ2) is 8.84. The Morgan fingerprint density at radius 3 is 2.32 bits per heavy atom. The molecule has 0 aliphatic heterocycles. The quantitative estimate of drug-likeness (QED) is 0.596. The van der Waals surface area contributed by atoms with Gasteiger partial charge in [0.1, 0.15) is 5.75 Å². The Bertz CT molecular complexity index is 621. The second-order valence-electron chi connectivity index (χ2n) is 5.10. The summed E-state index contributed by atoms with van der Waals surface area (Å²) in [5, 5.41) is 0. The highest BCUT2D eigenvalue weighted by Gasteiger charge is 1.95. The lowest BCUT2D eigenvalue weighted by molar-refractivity contribution is 0.306. The Morgan fingerprint density at radius 1 is 0.955 bits per heavy atom. The Balaban J connectivity index is 1.92. The monoisotopic (exact) mass is 294 g/mol. The number of aromatic nitrogens is 2. The van der Waals surface area contributed by atoms with Gasteiger partial charge >= 0.3 is 0 Å². The van der Waals surface area contributed by atoms with Crippen LogP contribution in [0.15, 0.2) is 36.7 Å². The summed E-state index contributed by atoms with van der Waals surface area (Å²) in [6.45, 7) is 5.04. The van der Waals surface area contributed by atoms with Crippen molar-refractivity contribution in [3.05, 3.63) is 53.6 Å². The number of ether oxygens (including phenoxy) is 1. The first kappa shape index (κ1) is 16.0. The summed E-state index contributed by atoms with van der Waals surface area (Å²) in [5.41, 5.74) is 2.05. The van der Waals surface area contributed by atoms with Crippen molar-refractivity contribution in [2.45, 2.75) is 39.5 Å². The summed E-state index contributed by atoms with van der Waals surface area (Å²) in [4.78, 5) is 8.46. The summed E-state index contributed by atoms with van der Waals surface area (Å²) in [7, 11) is 0. The standard InChI is InChI=1S/C19H22N2O/c1-3-5-6-13-22-18-10-7-17(8-11-18)9-12-19-20-14-16(4-2)15-21-19/h7-8,10-11,14-15H,3-6,13H2,1-2H3. The normalized spacial score (nSPS) is 9.91. The third kappa shape index (κ3) is 5.21. The van der Waals surface area contributed by atoms with Crippen LogP contribution in [-0.4, -0.2) is 16.6 Å². The van der Waals surface area contributed by atoms with Gasteiger partial charge in [0.2, 0.25) is 5.82 Å². The molecule has 22 heavy (non-hydrogen) atoms. The van der Waals surface area contributed by atoms with Crippen LogP contribution in [0.1, 0.15) is 50.1 Å². The third-order valence-corrected chi connectivity index (χ3v) is 3.30. The van der Waals surface area contributed by atoms with Crippen LogP contribution in [0.25, 0.3) is 0 Å². The van der Waals surface area contributed by atoms with Crippen molar-refractivity contribution in [2.75, 3.05) is 6.61 Å². The molecule has 1 aromatic heterocycles. The van der Waals surface area contributed by atoms with Gasteiger partial charge in [-0.15, -0.1) is 0 Å². The van der Waals surface area contributed by atoms with E-state index in [-0.39, 0.29) is 0 Å². The lowest BCUT2D eigenvalue weighted by atomic mass is 10.2. The molecule has 1 heterocycles. The van der Waals surface area contributed by atoms with Crippen molar-refractivity contribution in [3.8, 4) is 17.6 Å². The Labute approximate surface area is 132 Å². The molecule has 2 aromatic rings. The number of rotatable bonds is 6. The number of aryl methyl sites for hydroxylation is 1. The van der Waals surface area contributed by atoms with Gasteiger partial charge in [0.05, 0.1) is 6.61 Å². The maximum Gasteiger partial charge on any atom is 0.205 e. The van der Waals surface area contributed by atoms with Crippen LogP contribution in [0.5, 0.6) is 5.75 Å². The van der Waals surface area contributed by atoms with Gasteiger partial charge in [0, 0.05) is 18.0 Å². The molecule has 3 heteroatoms. The number of benzene rings is 1. The van der Waals surface area contributed by atoms with Crippen LogP contribution >= 0.6 is 0 Å². The van der Waals surface area contributed by atoms with Crippen molar-refractivity contribution in [1.82, 2.24) is 9.97 Å². The number of nitrogens with zero attached hydrogens (tertiary/aromatic N) is 2. The molecule has 0 N–H and O–H groups in total. The van der Waals surface area contributed by atoms with E-state index < -0.39 is 0 Å². The first-order chi connectivity index (χ1) is 10.8. The predicted octanol–water partition coefficient (Wildman–Crippen LogP) is 4.01. The molecule has 0 saturated heterocycles. The molecule has 0 atom stereocenters. The smallest absolute Gasteiger partial charge is 0.205 e. The molecule has 0 unspecified atom stereocenters. The molecule has 0 radical (unpaired) electrons. The van der Waals surface area contributed by atoms with Crippen molar-refractivity contribution in [3.63, 3.8) is 0 Å². The highest BCUT2D eigenvalue weighted by atomic mass is 16.5. The Kier molecular flexibility index (Phi) is 6.44. The minimum Gasteiger partial charge on any atom is -0.494 e. The summed E-state index contributed by atoms with van der Waals surface area (Å²) >= 11 is 0. The van der Waals surface area contributed by atoms with E-state index in [2.05, 4.69) is 35.7 Å². The van der Waals surface area contributed by atoms with Gasteiger partial charge < -0.3 is 4.74 Å². The lowest BCUT2D eigenvalue weighted by Crippen LogP contribution is -1.96. The SMILES string of the molecule is CCCCCOc1ccc(C#Cc2ncc(CC)cn2)cc1. The Hall–Kier alpha value is -2.34. The van der Waals surface area contributed by atoms with E-state index >= 15 is 0 Å². The highest BCUT2D eigenvalue weighted by Crippen LogP contribution is 2.12. The average Bonchev–Trinajstić information content (AvgIpc) is 2.58. The number of hydrogen-bond donors (Lipinski definition) is 0. The molecule has 1 aromatic carbocycles. The van der Waals surface area contributed by atoms with E-state index in [1.807, 2.05) is 36.7 Å². The maximum atomic E-state index is 5.68. The van der Waals surface area contributed by atoms with E-state index in [0.717, 1.165) is 36.3 Å². The van der Waals surface area contributed by atoms with Crippen LogP contribution in [-0.2, 0) is 6.42 Å². The van der Waals surface area contributed by atoms with Gasteiger partial charge in [-0.2, -0.15) is 0 Å². The molecule has 0 fully saturated rings. The topological polar surface area (TPSA) is 35.0 Å². The van der Waals surface area contributed by atoms with Gasteiger partial charge in [0.15, 0.2) is 0 Å². The molecule has 0 bridgehead atoms. The predicted molar refractivity (Wildman–Crippen MR) is 88.9 cm³/mol.